The van der Waals surface area contributed by atoms with E-state index in [1.165, 1.54) is 11.1 Å². The number of rotatable bonds is 8. The molecule has 5 heteroatoms. The molecule has 1 aromatic carbocycles. The van der Waals surface area contributed by atoms with E-state index in [4.69, 9.17) is 9.47 Å². The molecule has 1 aliphatic carbocycles. The van der Waals surface area contributed by atoms with Gasteiger partial charge in [0.2, 0.25) is 0 Å². The molecule has 2 atom stereocenters. The second-order valence-corrected chi connectivity index (χ2v) is 6.25. The molecule has 2 rings (SSSR count). The zero-order chi connectivity index (χ0) is 17.4. The number of benzene rings is 1. The molecule has 1 aromatic rings. The van der Waals surface area contributed by atoms with Gasteiger partial charge in [-0.1, -0.05) is 19.1 Å². The number of alkyl carbamates (subject to hydrolysis) is 1. The van der Waals surface area contributed by atoms with Crippen LogP contribution in [0.5, 0.6) is 5.75 Å². The minimum absolute atomic E-state index is 0.330. The van der Waals surface area contributed by atoms with E-state index in [0.717, 1.165) is 37.9 Å². The third kappa shape index (κ3) is 5.13. The van der Waals surface area contributed by atoms with E-state index >= 15 is 0 Å². The number of carbonyl (C=O) groups excluding carboxylic acids is 1. The van der Waals surface area contributed by atoms with Crippen LogP contribution in [0, 0.1) is 0 Å². The van der Waals surface area contributed by atoms with Gasteiger partial charge in [0.05, 0.1) is 13.7 Å². The number of carbonyl (C=O) groups is 1. The number of hydrogen-bond donors (Lipinski definition) is 2. The van der Waals surface area contributed by atoms with E-state index < -0.39 is 0 Å². The number of amides is 1. The molecule has 1 aliphatic rings. The highest BCUT2D eigenvalue weighted by molar-refractivity contribution is 5.66. The zero-order valence-corrected chi connectivity index (χ0v) is 15.1. The van der Waals surface area contributed by atoms with Crippen molar-refractivity contribution >= 4 is 6.09 Å². The van der Waals surface area contributed by atoms with Crippen LogP contribution in [0.2, 0.25) is 0 Å². The molecule has 1 amide bonds. The first kappa shape index (κ1) is 18.6. The van der Waals surface area contributed by atoms with Crippen molar-refractivity contribution < 1.29 is 14.3 Å². The predicted octanol–water partition coefficient (Wildman–Crippen LogP) is 3.06. The molecule has 0 spiro atoms. The van der Waals surface area contributed by atoms with E-state index in [1.807, 2.05) is 13.0 Å². The molecule has 5 nitrogen and oxygen atoms in total. The molecule has 0 radical (unpaired) electrons. The Balaban J connectivity index is 1.84. The van der Waals surface area contributed by atoms with Crippen LogP contribution in [0.4, 0.5) is 4.79 Å². The zero-order valence-electron chi connectivity index (χ0n) is 15.1. The highest BCUT2D eigenvalue weighted by atomic mass is 16.5. The minimum Gasteiger partial charge on any atom is -0.496 e. The molecular weight excluding hydrogens is 304 g/mol. The molecule has 0 aromatic heterocycles. The van der Waals surface area contributed by atoms with Crippen molar-refractivity contribution in [2.75, 3.05) is 20.3 Å². The molecule has 0 bridgehead atoms. The number of aryl methyl sites for hydroxylation is 1. The number of fused-ring (bicyclic) bond motifs is 1. The lowest BCUT2D eigenvalue weighted by Gasteiger charge is -2.30. The van der Waals surface area contributed by atoms with Gasteiger partial charge in [0.25, 0.3) is 0 Å². The molecular formula is C19H30N2O3. The first-order valence-corrected chi connectivity index (χ1v) is 8.99. The Morgan fingerprint density at radius 3 is 2.92 bits per heavy atom. The fraction of sp³-hybridized carbons (Fsp3) is 0.632. The molecule has 2 unspecified atom stereocenters. The fourth-order valence-corrected chi connectivity index (χ4v) is 3.36. The molecule has 0 saturated heterocycles. The monoisotopic (exact) mass is 334 g/mol. The Hall–Kier alpha value is -1.75. The van der Waals surface area contributed by atoms with Crippen LogP contribution in [0.3, 0.4) is 0 Å². The van der Waals surface area contributed by atoms with E-state index in [1.54, 1.807) is 7.11 Å². The quantitative estimate of drug-likeness (QED) is 0.767. The Morgan fingerprint density at radius 1 is 1.38 bits per heavy atom. The third-order valence-corrected chi connectivity index (χ3v) is 4.66. The van der Waals surface area contributed by atoms with Crippen molar-refractivity contribution in [3.05, 3.63) is 29.3 Å². The molecule has 0 aliphatic heterocycles. The number of ether oxygens (including phenoxy) is 2. The highest BCUT2D eigenvalue weighted by Crippen LogP contribution is 2.29. The van der Waals surface area contributed by atoms with Crippen molar-refractivity contribution in [3.63, 3.8) is 0 Å². The van der Waals surface area contributed by atoms with Crippen LogP contribution in [0.25, 0.3) is 0 Å². The second kappa shape index (κ2) is 9.52. The van der Waals surface area contributed by atoms with E-state index in [2.05, 4.69) is 29.7 Å². The smallest absolute Gasteiger partial charge is 0.407 e. The summed E-state index contributed by atoms with van der Waals surface area (Å²) >= 11 is 0. The molecule has 0 heterocycles. The molecule has 0 fully saturated rings. The van der Waals surface area contributed by atoms with Gasteiger partial charge in [-0.3, -0.25) is 0 Å². The maximum Gasteiger partial charge on any atom is 0.407 e. The minimum atomic E-state index is -0.330. The van der Waals surface area contributed by atoms with E-state index in [0.29, 0.717) is 25.2 Å². The van der Waals surface area contributed by atoms with Gasteiger partial charge >= 0.3 is 6.09 Å². The summed E-state index contributed by atoms with van der Waals surface area (Å²) in [6.45, 7) is 5.03. The lowest BCUT2D eigenvalue weighted by atomic mass is 9.87. The molecule has 134 valence electrons. The SMILES string of the molecule is CCOC(=O)NCCC(CC)NC1CCc2cccc(OC)c2C1. The van der Waals surface area contributed by atoms with Gasteiger partial charge in [0, 0.05) is 18.6 Å². The summed E-state index contributed by atoms with van der Waals surface area (Å²) in [7, 11) is 1.74. The summed E-state index contributed by atoms with van der Waals surface area (Å²) in [6.07, 6.45) is 4.85. The Labute approximate surface area is 145 Å². The van der Waals surface area contributed by atoms with Gasteiger partial charge in [-0.15, -0.1) is 0 Å². The van der Waals surface area contributed by atoms with Crippen molar-refractivity contribution in [1.29, 1.82) is 0 Å². The van der Waals surface area contributed by atoms with Crippen molar-refractivity contribution in [1.82, 2.24) is 10.6 Å². The van der Waals surface area contributed by atoms with Gasteiger partial charge in [-0.2, -0.15) is 0 Å². The number of hydrogen-bond acceptors (Lipinski definition) is 4. The number of methoxy groups -OCH3 is 1. The Kier molecular flexibility index (Phi) is 7.37. The average Bonchev–Trinajstić information content (AvgIpc) is 2.60. The number of nitrogens with one attached hydrogen (secondary N) is 2. The topological polar surface area (TPSA) is 59.6 Å². The summed E-state index contributed by atoms with van der Waals surface area (Å²) in [4.78, 5) is 11.3. The van der Waals surface area contributed by atoms with E-state index in [9.17, 15) is 4.79 Å². The van der Waals surface area contributed by atoms with Crippen LogP contribution in [-0.4, -0.2) is 38.4 Å². The lowest BCUT2D eigenvalue weighted by Crippen LogP contribution is -2.43. The van der Waals surface area contributed by atoms with Gasteiger partial charge in [-0.05, 0) is 56.2 Å². The fourth-order valence-electron chi connectivity index (χ4n) is 3.36. The van der Waals surface area contributed by atoms with Gasteiger partial charge in [0.15, 0.2) is 0 Å². The standard InChI is InChI=1S/C19H30N2O3/c1-4-15(11-12-20-19(22)24-5-2)21-16-10-9-14-7-6-8-18(23-3)17(14)13-16/h6-8,15-16,21H,4-5,9-13H2,1-3H3,(H,20,22). The summed E-state index contributed by atoms with van der Waals surface area (Å²) in [6, 6.07) is 7.17. The third-order valence-electron chi connectivity index (χ3n) is 4.66. The highest BCUT2D eigenvalue weighted by Gasteiger charge is 2.23. The van der Waals surface area contributed by atoms with Gasteiger partial charge in [-0.25, -0.2) is 4.79 Å². The van der Waals surface area contributed by atoms with Gasteiger partial charge < -0.3 is 20.1 Å². The molecule has 24 heavy (non-hydrogen) atoms. The largest absolute Gasteiger partial charge is 0.496 e. The Bertz CT molecular complexity index is 519. The summed E-state index contributed by atoms with van der Waals surface area (Å²) in [5.74, 6) is 0.996. The molecule has 2 N–H and O–H groups in total. The van der Waals surface area contributed by atoms with Crippen LogP contribution < -0.4 is 15.4 Å². The van der Waals surface area contributed by atoms with Gasteiger partial charge in [0.1, 0.15) is 5.75 Å². The van der Waals surface area contributed by atoms with E-state index in [-0.39, 0.29) is 6.09 Å². The predicted molar refractivity (Wildman–Crippen MR) is 95.7 cm³/mol. The van der Waals surface area contributed by atoms with Crippen LogP contribution in [0.15, 0.2) is 18.2 Å². The average molecular weight is 334 g/mol. The lowest BCUT2D eigenvalue weighted by molar-refractivity contribution is 0.151. The summed E-state index contributed by atoms with van der Waals surface area (Å²) in [5.41, 5.74) is 2.74. The first-order chi connectivity index (χ1) is 11.7. The first-order valence-electron chi connectivity index (χ1n) is 8.99. The van der Waals surface area contributed by atoms with Crippen LogP contribution in [0.1, 0.15) is 44.2 Å². The molecule has 0 saturated carbocycles. The van der Waals surface area contributed by atoms with Crippen LogP contribution >= 0.6 is 0 Å². The normalized spacial score (nSPS) is 17.7. The maximum atomic E-state index is 11.3. The van der Waals surface area contributed by atoms with Crippen molar-refractivity contribution in [2.24, 2.45) is 0 Å². The summed E-state index contributed by atoms with van der Waals surface area (Å²) in [5, 5.41) is 6.55. The summed E-state index contributed by atoms with van der Waals surface area (Å²) < 4.78 is 10.4. The van der Waals surface area contributed by atoms with Crippen molar-refractivity contribution in [3.8, 4) is 5.75 Å². The Morgan fingerprint density at radius 2 is 2.21 bits per heavy atom. The maximum absolute atomic E-state index is 11.3. The second-order valence-electron chi connectivity index (χ2n) is 6.25. The van der Waals surface area contributed by atoms with Crippen molar-refractivity contribution in [2.45, 2.75) is 58.0 Å². The van der Waals surface area contributed by atoms with Crippen LogP contribution in [-0.2, 0) is 17.6 Å².